The Kier molecular flexibility index (Phi) is 7.66. The summed E-state index contributed by atoms with van der Waals surface area (Å²) in [6.45, 7) is 5.54. The largest absolute Gasteiger partial charge is 0.490 e. The van der Waals surface area contributed by atoms with Gasteiger partial charge in [-0.15, -0.1) is 11.6 Å². The Balaban J connectivity index is 2.60. The van der Waals surface area contributed by atoms with Crippen molar-refractivity contribution in [1.29, 1.82) is 0 Å². The molecule has 0 radical (unpaired) electrons. The van der Waals surface area contributed by atoms with Crippen LogP contribution in [0.5, 0.6) is 11.5 Å². The van der Waals surface area contributed by atoms with Crippen molar-refractivity contribution >= 4 is 11.6 Å². The average Bonchev–Trinajstić information content (AvgIpc) is 2.40. The highest BCUT2D eigenvalue weighted by Gasteiger charge is 2.09. The van der Waals surface area contributed by atoms with Crippen LogP contribution in [0.25, 0.3) is 0 Å². The van der Waals surface area contributed by atoms with Crippen LogP contribution in [0.1, 0.15) is 45.1 Å². The van der Waals surface area contributed by atoms with Gasteiger partial charge in [-0.3, -0.25) is 0 Å². The van der Waals surface area contributed by atoms with Gasteiger partial charge in [0.1, 0.15) is 0 Å². The van der Waals surface area contributed by atoms with Crippen LogP contribution >= 0.6 is 11.6 Å². The van der Waals surface area contributed by atoms with E-state index in [4.69, 9.17) is 21.1 Å². The molecule has 0 aliphatic rings. The zero-order valence-corrected chi connectivity index (χ0v) is 12.1. The molecule has 0 saturated carbocycles. The van der Waals surface area contributed by atoms with Gasteiger partial charge in [-0.1, -0.05) is 38.3 Å². The topological polar surface area (TPSA) is 18.5 Å². The van der Waals surface area contributed by atoms with E-state index in [2.05, 4.69) is 6.92 Å². The molecule has 0 N–H and O–H groups in total. The zero-order valence-electron chi connectivity index (χ0n) is 11.4. The molecule has 0 fully saturated rings. The number of hydrogen-bond donors (Lipinski definition) is 0. The Morgan fingerprint density at radius 3 is 2.56 bits per heavy atom. The molecule has 0 unspecified atom stereocenters. The summed E-state index contributed by atoms with van der Waals surface area (Å²) in [5.41, 5.74) is 0.998. The highest BCUT2D eigenvalue weighted by Crippen LogP contribution is 2.32. The lowest BCUT2D eigenvalue weighted by Crippen LogP contribution is -2.03. The molecule has 1 rings (SSSR count). The first-order valence-corrected chi connectivity index (χ1v) is 7.30. The van der Waals surface area contributed by atoms with Crippen molar-refractivity contribution in [3.63, 3.8) is 0 Å². The highest BCUT2D eigenvalue weighted by atomic mass is 35.5. The second kappa shape index (κ2) is 9.09. The third-order valence-corrected chi connectivity index (χ3v) is 3.04. The molecule has 0 bridgehead atoms. The number of benzene rings is 1. The summed E-state index contributed by atoms with van der Waals surface area (Å²) in [6, 6.07) is 5.87. The van der Waals surface area contributed by atoms with Gasteiger partial charge in [-0.05, 0) is 19.4 Å². The van der Waals surface area contributed by atoms with E-state index in [1.54, 1.807) is 0 Å². The van der Waals surface area contributed by atoms with E-state index in [0.29, 0.717) is 12.5 Å². The van der Waals surface area contributed by atoms with Crippen LogP contribution in [0.2, 0.25) is 0 Å². The van der Waals surface area contributed by atoms with E-state index in [9.17, 15) is 0 Å². The molecule has 0 saturated heterocycles. The zero-order chi connectivity index (χ0) is 13.2. The Bertz CT molecular complexity index is 339. The molecule has 1 aromatic rings. The molecule has 3 heteroatoms. The fourth-order valence-electron chi connectivity index (χ4n) is 1.80. The lowest BCUT2D eigenvalue weighted by Gasteiger charge is -2.14. The molecule has 1 aromatic carbocycles. The first-order valence-electron chi connectivity index (χ1n) is 6.76. The summed E-state index contributed by atoms with van der Waals surface area (Å²) in [5.74, 6) is 2.06. The minimum absolute atomic E-state index is 0.450. The van der Waals surface area contributed by atoms with Gasteiger partial charge < -0.3 is 9.47 Å². The summed E-state index contributed by atoms with van der Waals surface area (Å²) in [4.78, 5) is 0. The minimum Gasteiger partial charge on any atom is -0.490 e. The number of alkyl halides is 1. The van der Waals surface area contributed by atoms with Gasteiger partial charge in [-0.25, -0.2) is 0 Å². The lowest BCUT2D eigenvalue weighted by atomic mass is 10.2. The average molecular weight is 271 g/mol. The number of hydrogen-bond acceptors (Lipinski definition) is 2. The standard InChI is InChI=1S/C15H23ClO2/c1-3-5-6-7-11-18-15-13(12-16)9-8-10-14(15)17-4-2/h8-10H,3-7,11-12H2,1-2H3. The van der Waals surface area contributed by atoms with Crippen LogP contribution in [0.3, 0.4) is 0 Å². The van der Waals surface area contributed by atoms with Gasteiger partial charge in [-0.2, -0.15) is 0 Å². The van der Waals surface area contributed by atoms with Crippen molar-refractivity contribution in [3.05, 3.63) is 23.8 Å². The molecule has 0 spiro atoms. The molecule has 0 aromatic heterocycles. The van der Waals surface area contributed by atoms with E-state index >= 15 is 0 Å². The molecule has 0 atom stereocenters. The van der Waals surface area contributed by atoms with Crippen molar-refractivity contribution in [2.75, 3.05) is 13.2 Å². The van der Waals surface area contributed by atoms with E-state index in [1.807, 2.05) is 25.1 Å². The summed E-state index contributed by atoms with van der Waals surface area (Å²) in [5, 5.41) is 0. The molecule has 2 nitrogen and oxygen atoms in total. The van der Waals surface area contributed by atoms with E-state index < -0.39 is 0 Å². The first kappa shape index (κ1) is 15.2. The molecule has 18 heavy (non-hydrogen) atoms. The molecule has 0 amide bonds. The van der Waals surface area contributed by atoms with Crippen LogP contribution in [-0.2, 0) is 5.88 Å². The molecule has 102 valence electrons. The van der Waals surface area contributed by atoms with Crippen LogP contribution < -0.4 is 9.47 Å². The van der Waals surface area contributed by atoms with E-state index in [0.717, 1.165) is 30.1 Å². The molecular weight excluding hydrogens is 248 g/mol. The van der Waals surface area contributed by atoms with Crippen molar-refractivity contribution in [1.82, 2.24) is 0 Å². The molecular formula is C15H23ClO2. The molecule has 0 aliphatic carbocycles. The maximum Gasteiger partial charge on any atom is 0.165 e. The van der Waals surface area contributed by atoms with Crippen LogP contribution in [0.15, 0.2) is 18.2 Å². The van der Waals surface area contributed by atoms with Gasteiger partial charge >= 0.3 is 0 Å². The Labute approximate surface area is 115 Å². The normalized spacial score (nSPS) is 10.4. The van der Waals surface area contributed by atoms with Gasteiger partial charge in [0.15, 0.2) is 11.5 Å². The molecule has 0 aliphatic heterocycles. The summed E-state index contributed by atoms with van der Waals surface area (Å²) < 4.78 is 11.4. The van der Waals surface area contributed by atoms with Crippen LogP contribution in [-0.4, -0.2) is 13.2 Å². The van der Waals surface area contributed by atoms with Crippen molar-refractivity contribution < 1.29 is 9.47 Å². The highest BCUT2D eigenvalue weighted by molar-refractivity contribution is 6.17. The second-order valence-corrected chi connectivity index (χ2v) is 4.49. The predicted molar refractivity (Wildman–Crippen MR) is 76.8 cm³/mol. The van der Waals surface area contributed by atoms with Gasteiger partial charge in [0.2, 0.25) is 0 Å². The maximum atomic E-state index is 5.93. The summed E-state index contributed by atoms with van der Waals surface area (Å²) >= 11 is 5.93. The number of rotatable bonds is 9. The minimum atomic E-state index is 0.450. The fraction of sp³-hybridized carbons (Fsp3) is 0.600. The van der Waals surface area contributed by atoms with E-state index in [-0.39, 0.29) is 0 Å². The fourth-order valence-corrected chi connectivity index (χ4v) is 2.01. The second-order valence-electron chi connectivity index (χ2n) is 4.22. The monoisotopic (exact) mass is 270 g/mol. The summed E-state index contributed by atoms with van der Waals surface area (Å²) in [6.07, 6.45) is 4.79. The predicted octanol–water partition coefficient (Wildman–Crippen LogP) is 4.78. The third-order valence-electron chi connectivity index (χ3n) is 2.75. The van der Waals surface area contributed by atoms with E-state index in [1.165, 1.54) is 19.3 Å². The third kappa shape index (κ3) is 4.77. The Morgan fingerprint density at radius 2 is 1.89 bits per heavy atom. The number of halogens is 1. The van der Waals surface area contributed by atoms with Crippen LogP contribution in [0, 0.1) is 0 Å². The van der Waals surface area contributed by atoms with Gasteiger partial charge in [0.25, 0.3) is 0 Å². The van der Waals surface area contributed by atoms with Crippen LogP contribution in [0.4, 0.5) is 0 Å². The maximum absolute atomic E-state index is 5.93. The SMILES string of the molecule is CCCCCCOc1c(CCl)cccc1OCC. The number of ether oxygens (including phenoxy) is 2. The quantitative estimate of drug-likeness (QED) is 0.475. The van der Waals surface area contributed by atoms with Crippen molar-refractivity contribution in [2.45, 2.75) is 45.4 Å². The lowest BCUT2D eigenvalue weighted by molar-refractivity contribution is 0.268. The Morgan fingerprint density at radius 1 is 1.06 bits per heavy atom. The van der Waals surface area contributed by atoms with Gasteiger partial charge in [0, 0.05) is 5.56 Å². The summed E-state index contributed by atoms with van der Waals surface area (Å²) in [7, 11) is 0. The Hall–Kier alpha value is -0.890. The molecule has 0 heterocycles. The number of unbranched alkanes of at least 4 members (excludes halogenated alkanes) is 3. The van der Waals surface area contributed by atoms with Gasteiger partial charge in [0.05, 0.1) is 19.1 Å². The first-order chi connectivity index (χ1) is 8.83. The smallest absolute Gasteiger partial charge is 0.165 e. The van der Waals surface area contributed by atoms with Crippen molar-refractivity contribution in [2.24, 2.45) is 0 Å². The van der Waals surface area contributed by atoms with Crippen molar-refractivity contribution in [3.8, 4) is 11.5 Å². The number of para-hydroxylation sites is 1.